The smallest absolute Gasteiger partial charge is 0.0150 e. The van der Waals surface area contributed by atoms with Crippen molar-refractivity contribution in [1.29, 1.82) is 0 Å². The van der Waals surface area contributed by atoms with E-state index in [9.17, 15) is 0 Å². The van der Waals surface area contributed by atoms with Crippen molar-refractivity contribution in [2.75, 3.05) is 13.6 Å². The molecule has 1 heteroatoms. The monoisotopic (exact) mass is 185 g/mol. The molecule has 0 saturated heterocycles. The summed E-state index contributed by atoms with van der Waals surface area (Å²) in [5.41, 5.74) is 0.375. The van der Waals surface area contributed by atoms with Crippen LogP contribution in [0.4, 0.5) is 0 Å². The lowest BCUT2D eigenvalue weighted by atomic mass is 9.95. The summed E-state index contributed by atoms with van der Waals surface area (Å²) >= 11 is 0. The number of hydrogen-bond donors (Lipinski definition) is 0. The summed E-state index contributed by atoms with van der Waals surface area (Å²) in [7, 11) is 2.25. The Morgan fingerprint density at radius 1 is 1.23 bits per heavy atom. The van der Waals surface area contributed by atoms with Crippen molar-refractivity contribution in [3.05, 3.63) is 0 Å². The number of unbranched alkanes of at least 4 members (excludes halogenated alkanes) is 1. The van der Waals surface area contributed by atoms with Gasteiger partial charge in [0.15, 0.2) is 0 Å². The van der Waals surface area contributed by atoms with Gasteiger partial charge in [0.25, 0.3) is 0 Å². The standard InChI is InChI=1S/C12H27N/c1-7-8-9-12(4,5)13(6)10-11(2)3/h11H,7-10H2,1-6H3. The lowest BCUT2D eigenvalue weighted by Gasteiger charge is -2.37. The van der Waals surface area contributed by atoms with Crippen LogP contribution in [0.3, 0.4) is 0 Å². The van der Waals surface area contributed by atoms with E-state index in [1.807, 2.05) is 0 Å². The molecule has 0 radical (unpaired) electrons. The van der Waals surface area contributed by atoms with Gasteiger partial charge in [-0.1, -0.05) is 33.6 Å². The fraction of sp³-hybridized carbons (Fsp3) is 1.00. The Kier molecular flexibility index (Phi) is 5.62. The van der Waals surface area contributed by atoms with E-state index in [2.05, 4.69) is 46.6 Å². The van der Waals surface area contributed by atoms with Crippen LogP contribution >= 0.6 is 0 Å². The highest BCUT2D eigenvalue weighted by molar-refractivity contribution is 4.79. The van der Waals surface area contributed by atoms with Gasteiger partial charge < -0.3 is 4.90 Å². The fourth-order valence-electron chi connectivity index (χ4n) is 1.60. The summed E-state index contributed by atoms with van der Waals surface area (Å²) < 4.78 is 0. The van der Waals surface area contributed by atoms with Gasteiger partial charge in [-0.25, -0.2) is 0 Å². The Hall–Kier alpha value is -0.0400. The molecule has 0 aliphatic carbocycles. The molecule has 0 bridgehead atoms. The van der Waals surface area contributed by atoms with E-state index >= 15 is 0 Å². The third-order valence-electron chi connectivity index (χ3n) is 2.81. The molecule has 0 aliphatic rings. The number of nitrogens with zero attached hydrogens (tertiary/aromatic N) is 1. The zero-order valence-electron chi connectivity index (χ0n) is 10.4. The SMILES string of the molecule is CCCCC(C)(C)N(C)CC(C)C. The summed E-state index contributed by atoms with van der Waals surface area (Å²) in [6.07, 6.45) is 3.96. The van der Waals surface area contributed by atoms with Crippen LogP contribution in [-0.2, 0) is 0 Å². The summed E-state index contributed by atoms with van der Waals surface area (Å²) in [5.74, 6) is 0.769. The minimum atomic E-state index is 0.375. The van der Waals surface area contributed by atoms with Crippen molar-refractivity contribution in [3.8, 4) is 0 Å². The van der Waals surface area contributed by atoms with Gasteiger partial charge in [0.05, 0.1) is 0 Å². The second-order valence-electron chi connectivity index (χ2n) is 5.19. The Labute approximate surface area is 84.5 Å². The third kappa shape index (κ3) is 5.30. The first-order valence-corrected chi connectivity index (χ1v) is 5.61. The van der Waals surface area contributed by atoms with Crippen molar-refractivity contribution < 1.29 is 0 Å². The van der Waals surface area contributed by atoms with Gasteiger partial charge in [-0.15, -0.1) is 0 Å². The Balaban J connectivity index is 3.94. The van der Waals surface area contributed by atoms with Crippen LogP contribution in [0.25, 0.3) is 0 Å². The molecule has 1 nitrogen and oxygen atoms in total. The molecule has 0 rings (SSSR count). The van der Waals surface area contributed by atoms with Crippen molar-refractivity contribution in [2.45, 2.75) is 59.4 Å². The molecule has 0 spiro atoms. The van der Waals surface area contributed by atoms with E-state index in [0.29, 0.717) is 5.54 Å². The highest BCUT2D eigenvalue weighted by Crippen LogP contribution is 2.20. The van der Waals surface area contributed by atoms with Crippen LogP contribution < -0.4 is 0 Å². The summed E-state index contributed by atoms with van der Waals surface area (Å²) in [5, 5.41) is 0. The third-order valence-corrected chi connectivity index (χ3v) is 2.81. The number of hydrogen-bond acceptors (Lipinski definition) is 1. The van der Waals surface area contributed by atoms with Crippen LogP contribution in [0, 0.1) is 5.92 Å². The minimum Gasteiger partial charge on any atom is -0.301 e. The predicted molar refractivity (Wildman–Crippen MR) is 61.1 cm³/mol. The van der Waals surface area contributed by atoms with E-state index in [4.69, 9.17) is 0 Å². The molecule has 0 aromatic carbocycles. The molecule has 13 heavy (non-hydrogen) atoms. The Bertz CT molecular complexity index is 127. The summed E-state index contributed by atoms with van der Waals surface area (Å²) in [6.45, 7) is 12.7. The maximum Gasteiger partial charge on any atom is 0.0150 e. The van der Waals surface area contributed by atoms with Gasteiger partial charge in [-0.05, 0) is 33.2 Å². The number of rotatable bonds is 6. The average Bonchev–Trinajstić information content (AvgIpc) is 1.99. The highest BCUT2D eigenvalue weighted by atomic mass is 15.2. The van der Waals surface area contributed by atoms with Crippen LogP contribution in [0.2, 0.25) is 0 Å². The van der Waals surface area contributed by atoms with Crippen LogP contribution in [0.1, 0.15) is 53.9 Å². The zero-order chi connectivity index (χ0) is 10.5. The van der Waals surface area contributed by atoms with Gasteiger partial charge in [0.1, 0.15) is 0 Å². The Morgan fingerprint density at radius 2 is 1.77 bits per heavy atom. The highest BCUT2D eigenvalue weighted by Gasteiger charge is 2.22. The van der Waals surface area contributed by atoms with Crippen LogP contribution in [0.5, 0.6) is 0 Å². The lowest BCUT2D eigenvalue weighted by Crippen LogP contribution is -2.42. The molecular weight excluding hydrogens is 158 g/mol. The largest absolute Gasteiger partial charge is 0.301 e. The molecule has 80 valence electrons. The second kappa shape index (κ2) is 5.64. The lowest BCUT2D eigenvalue weighted by molar-refractivity contribution is 0.127. The minimum absolute atomic E-state index is 0.375. The summed E-state index contributed by atoms with van der Waals surface area (Å²) in [6, 6.07) is 0. The fourth-order valence-corrected chi connectivity index (χ4v) is 1.60. The van der Waals surface area contributed by atoms with E-state index in [0.717, 1.165) is 5.92 Å². The molecule has 0 aliphatic heterocycles. The van der Waals surface area contributed by atoms with Crippen molar-refractivity contribution in [2.24, 2.45) is 5.92 Å². The molecule has 0 amide bonds. The first-order valence-electron chi connectivity index (χ1n) is 5.61. The molecule has 0 N–H and O–H groups in total. The topological polar surface area (TPSA) is 3.24 Å². The van der Waals surface area contributed by atoms with Crippen molar-refractivity contribution >= 4 is 0 Å². The second-order valence-corrected chi connectivity index (χ2v) is 5.19. The van der Waals surface area contributed by atoms with Crippen LogP contribution in [0.15, 0.2) is 0 Å². The van der Waals surface area contributed by atoms with Gasteiger partial charge in [0.2, 0.25) is 0 Å². The zero-order valence-corrected chi connectivity index (χ0v) is 10.4. The van der Waals surface area contributed by atoms with Crippen molar-refractivity contribution in [1.82, 2.24) is 4.90 Å². The molecule has 0 saturated carbocycles. The molecule has 0 heterocycles. The van der Waals surface area contributed by atoms with E-state index in [-0.39, 0.29) is 0 Å². The van der Waals surface area contributed by atoms with Gasteiger partial charge in [0, 0.05) is 12.1 Å². The summed E-state index contributed by atoms with van der Waals surface area (Å²) in [4.78, 5) is 2.49. The Morgan fingerprint density at radius 3 is 2.15 bits per heavy atom. The molecule has 0 unspecified atom stereocenters. The van der Waals surface area contributed by atoms with E-state index < -0.39 is 0 Å². The molecule has 0 aromatic rings. The maximum absolute atomic E-state index is 2.49. The first kappa shape index (κ1) is 13.0. The van der Waals surface area contributed by atoms with E-state index in [1.165, 1.54) is 25.8 Å². The van der Waals surface area contributed by atoms with Crippen molar-refractivity contribution in [3.63, 3.8) is 0 Å². The maximum atomic E-state index is 2.49. The molecule has 0 fully saturated rings. The first-order chi connectivity index (χ1) is 5.90. The quantitative estimate of drug-likeness (QED) is 0.612. The molecule has 0 atom stereocenters. The van der Waals surface area contributed by atoms with Gasteiger partial charge >= 0.3 is 0 Å². The predicted octanol–water partition coefficient (Wildman–Crippen LogP) is 3.54. The van der Waals surface area contributed by atoms with Crippen LogP contribution in [-0.4, -0.2) is 24.0 Å². The molecular formula is C12H27N. The van der Waals surface area contributed by atoms with E-state index in [1.54, 1.807) is 0 Å². The average molecular weight is 185 g/mol. The van der Waals surface area contributed by atoms with Gasteiger partial charge in [-0.2, -0.15) is 0 Å². The van der Waals surface area contributed by atoms with Gasteiger partial charge in [-0.3, -0.25) is 0 Å². The normalized spacial score (nSPS) is 12.9. The molecule has 0 aromatic heterocycles.